The van der Waals surface area contributed by atoms with E-state index < -0.39 is 0 Å². The summed E-state index contributed by atoms with van der Waals surface area (Å²) >= 11 is 6.53. The minimum absolute atomic E-state index is 0.0395. The number of halogens is 1. The molecule has 0 aliphatic carbocycles. The van der Waals surface area contributed by atoms with Crippen LogP contribution in [0.4, 0.5) is 5.69 Å². The van der Waals surface area contributed by atoms with E-state index in [0.29, 0.717) is 71.4 Å². The number of nitrogens with one attached hydrogen (secondary N) is 2. The molecule has 7 heterocycles. The smallest absolute Gasteiger partial charge is 0.253 e. The molecular weight excluding hydrogens is 746 g/mol. The molecule has 1 spiro atoms. The van der Waals surface area contributed by atoms with Crippen LogP contribution in [0.5, 0.6) is 11.5 Å². The standard InChI is InChI=1S/C42H44ClN9O5/c1-25-32(21-49(2)48-25)38-46-36-37(33(43)20-44-39(36)47-38)57-30-9-5-28(6-10-30)41(56)50-16-13-26(14-17-50)19-35(54)51-18-15-42(22-51)23-52(24-42)29-7-3-27(4-8-29)31-11-12-34(53)45-40(31)55/h3-10,20-21,26,31H,11-19,22-24H2,1-2H3,(H,44,46,47)(H,45,53,55)/t31-/m0/s1. The molecule has 14 nitrogen and oxygen atoms in total. The van der Waals surface area contributed by atoms with Crippen molar-refractivity contribution in [3.8, 4) is 22.9 Å². The quantitative estimate of drug-likeness (QED) is 0.191. The van der Waals surface area contributed by atoms with Crippen LogP contribution in [0, 0.1) is 18.3 Å². The fourth-order valence-electron chi connectivity index (χ4n) is 8.93. The number of H-pyrrole nitrogens is 1. The minimum atomic E-state index is -0.284. The largest absolute Gasteiger partial charge is 0.453 e. The maximum atomic E-state index is 13.5. The highest BCUT2D eigenvalue weighted by Gasteiger charge is 2.49. The third-order valence-electron chi connectivity index (χ3n) is 12.1. The van der Waals surface area contributed by atoms with Gasteiger partial charge in [0.1, 0.15) is 22.1 Å². The van der Waals surface area contributed by atoms with Crippen molar-refractivity contribution in [2.24, 2.45) is 18.4 Å². The number of fused-ring (bicyclic) bond motifs is 1. The molecule has 4 aliphatic heterocycles. The molecule has 5 aromatic rings. The minimum Gasteiger partial charge on any atom is -0.453 e. The van der Waals surface area contributed by atoms with Gasteiger partial charge in [0.15, 0.2) is 11.4 Å². The summed E-state index contributed by atoms with van der Waals surface area (Å²) in [6.45, 7) is 6.50. The lowest BCUT2D eigenvalue weighted by molar-refractivity contribution is -0.134. The Kier molecular flexibility index (Phi) is 9.46. The van der Waals surface area contributed by atoms with Gasteiger partial charge in [-0.25, -0.2) is 9.97 Å². The molecule has 2 N–H and O–H groups in total. The average Bonchev–Trinajstić information content (AvgIpc) is 3.93. The van der Waals surface area contributed by atoms with Crippen molar-refractivity contribution in [3.05, 3.63) is 82.8 Å². The monoisotopic (exact) mass is 789 g/mol. The molecule has 0 radical (unpaired) electrons. The van der Waals surface area contributed by atoms with Crippen LogP contribution >= 0.6 is 11.6 Å². The van der Waals surface area contributed by atoms with E-state index in [1.807, 2.05) is 42.1 Å². The van der Waals surface area contributed by atoms with Crippen LogP contribution in [-0.2, 0) is 21.4 Å². The van der Waals surface area contributed by atoms with Gasteiger partial charge < -0.3 is 24.4 Å². The Hall–Kier alpha value is -5.76. The third-order valence-corrected chi connectivity index (χ3v) is 12.4. The fourth-order valence-corrected chi connectivity index (χ4v) is 9.12. The number of anilines is 1. The van der Waals surface area contributed by atoms with E-state index in [1.54, 1.807) is 28.9 Å². The molecule has 294 valence electrons. The maximum Gasteiger partial charge on any atom is 0.253 e. The fraction of sp³-hybridized carbons (Fsp3) is 0.405. The van der Waals surface area contributed by atoms with E-state index in [-0.39, 0.29) is 40.9 Å². The summed E-state index contributed by atoms with van der Waals surface area (Å²) in [5, 5.41) is 7.17. The Balaban J connectivity index is 0.742. The predicted octanol–water partition coefficient (Wildman–Crippen LogP) is 5.61. The zero-order chi connectivity index (χ0) is 39.4. The number of imidazole rings is 1. The van der Waals surface area contributed by atoms with Gasteiger partial charge in [-0.1, -0.05) is 23.7 Å². The molecule has 4 amide bonds. The first kappa shape index (κ1) is 36.9. The Morgan fingerprint density at radius 2 is 1.72 bits per heavy atom. The second-order valence-corrected chi connectivity index (χ2v) is 16.5. The van der Waals surface area contributed by atoms with Crippen molar-refractivity contribution < 1.29 is 23.9 Å². The number of imide groups is 1. The predicted molar refractivity (Wildman–Crippen MR) is 213 cm³/mol. The lowest BCUT2D eigenvalue weighted by atomic mass is 9.78. The van der Waals surface area contributed by atoms with E-state index >= 15 is 0 Å². The van der Waals surface area contributed by atoms with Gasteiger partial charge in [0.05, 0.1) is 23.4 Å². The molecule has 1 atom stereocenters. The number of benzene rings is 2. The zero-order valence-corrected chi connectivity index (χ0v) is 32.7. The number of hydrogen-bond acceptors (Lipinski definition) is 9. The topological polar surface area (TPSA) is 159 Å². The normalized spacial score (nSPS) is 19.6. The highest BCUT2D eigenvalue weighted by Crippen LogP contribution is 2.43. The third kappa shape index (κ3) is 7.22. The molecule has 15 heteroatoms. The van der Waals surface area contributed by atoms with Gasteiger partial charge in [-0.2, -0.15) is 5.10 Å². The summed E-state index contributed by atoms with van der Waals surface area (Å²) in [5.41, 5.74) is 5.45. The number of rotatable bonds is 8. The second-order valence-electron chi connectivity index (χ2n) is 16.1. The van der Waals surface area contributed by atoms with Crippen molar-refractivity contribution in [3.63, 3.8) is 0 Å². The number of pyridine rings is 1. The maximum absolute atomic E-state index is 13.5. The van der Waals surface area contributed by atoms with E-state index in [1.165, 1.54) is 6.20 Å². The van der Waals surface area contributed by atoms with Crippen LogP contribution in [0.3, 0.4) is 0 Å². The van der Waals surface area contributed by atoms with Crippen LogP contribution < -0.4 is 15.0 Å². The number of likely N-dealkylation sites (tertiary alicyclic amines) is 2. The highest BCUT2D eigenvalue weighted by atomic mass is 35.5. The first-order chi connectivity index (χ1) is 27.5. The summed E-state index contributed by atoms with van der Waals surface area (Å²) in [7, 11) is 1.85. The van der Waals surface area contributed by atoms with E-state index in [2.05, 4.69) is 42.4 Å². The van der Waals surface area contributed by atoms with Gasteiger partial charge in [0, 0.05) is 82.0 Å². The SMILES string of the molecule is Cc1nn(C)cc1-c1nc2ncc(Cl)c(Oc3ccc(C(=O)N4CCC(CC(=O)N5CCC6(C5)CN(c5ccc([C@@H]7CCC(=O)NC7=O)cc5)C6)CC4)cc3)c2[nH]1. The number of piperidine rings is 2. The lowest BCUT2D eigenvalue weighted by Crippen LogP contribution is -2.58. The van der Waals surface area contributed by atoms with Gasteiger partial charge in [-0.05, 0) is 80.5 Å². The molecule has 0 unspecified atom stereocenters. The first-order valence-electron chi connectivity index (χ1n) is 19.6. The highest BCUT2D eigenvalue weighted by molar-refractivity contribution is 6.32. The number of amides is 4. The Labute approximate surface area is 334 Å². The number of aromatic amines is 1. The van der Waals surface area contributed by atoms with Crippen LogP contribution in [0.1, 0.15) is 66.1 Å². The van der Waals surface area contributed by atoms with Crippen molar-refractivity contribution in [1.29, 1.82) is 0 Å². The summed E-state index contributed by atoms with van der Waals surface area (Å²) in [4.78, 5) is 69.3. The molecule has 2 aromatic carbocycles. The zero-order valence-electron chi connectivity index (χ0n) is 32.0. The number of aryl methyl sites for hydroxylation is 2. The van der Waals surface area contributed by atoms with Gasteiger partial charge in [0.2, 0.25) is 17.7 Å². The van der Waals surface area contributed by atoms with Gasteiger partial charge in [0.25, 0.3) is 5.91 Å². The molecule has 3 aromatic heterocycles. The lowest BCUT2D eigenvalue weighted by Gasteiger charge is -2.49. The van der Waals surface area contributed by atoms with Crippen LogP contribution in [0.25, 0.3) is 22.6 Å². The molecule has 57 heavy (non-hydrogen) atoms. The van der Waals surface area contributed by atoms with Crippen molar-refractivity contribution >= 4 is 52.1 Å². The van der Waals surface area contributed by atoms with Crippen LogP contribution in [-0.4, -0.2) is 97.4 Å². The van der Waals surface area contributed by atoms with E-state index in [0.717, 1.165) is 67.9 Å². The Morgan fingerprint density at radius 3 is 2.42 bits per heavy atom. The molecular formula is C42H44ClN9O5. The number of carbonyl (C=O) groups excluding carboxylic acids is 4. The number of ether oxygens (including phenoxy) is 1. The number of carbonyl (C=O) groups is 4. The molecule has 4 fully saturated rings. The number of nitrogens with zero attached hydrogens (tertiary/aromatic N) is 7. The molecule has 4 aliphatic rings. The molecule has 0 saturated carbocycles. The average molecular weight is 790 g/mol. The molecule has 0 bridgehead atoms. The number of hydrogen-bond donors (Lipinski definition) is 2. The molecule has 9 rings (SSSR count). The summed E-state index contributed by atoms with van der Waals surface area (Å²) in [6.07, 6.45) is 7.40. The summed E-state index contributed by atoms with van der Waals surface area (Å²) < 4.78 is 7.94. The van der Waals surface area contributed by atoms with Gasteiger partial charge in [-0.15, -0.1) is 0 Å². The van der Waals surface area contributed by atoms with Crippen LogP contribution in [0.15, 0.2) is 60.9 Å². The molecule has 4 saturated heterocycles. The Morgan fingerprint density at radius 1 is 0.965 bits per heavy atom. The summed E-state index contributed by atoms with van der Waals surface area (Å²) in [6, 6.07) is 15.1. The van der Waals surface area contributed by atoms with Gasteiger partial charge in [-0.3, -0.25) is 29.2 Å². The van der Waals surface area contributed by atoms with Gasteiger partial charge >= 0.3 is 0 Å². The second kappa shape index (κ2) is 14.6. The van der Waals surface area contributed by atoms with Crippen molar-refractivity contribution in [1.82, 2.24) is 39.8 Å². The van der Waals surface area contributed by atoms with Crippen molar-refractivity contribution in [2.45, 2.75) is 51.4 Å². The van der Waals surface area contributed by atoms with Crippen molar-refractivity contribution in [2.75, 3.05) is 44.2 Å². The first-order valence-corrected chi connectivity index (χ1v) is 20.0. The van der Waals surface area contributed by atoms with E-state index in [4.69, 9.17) is 16.3 Å². The Bertz CT molecular complexity index is 2380. The number of aromatic nitrogens is 5. The summed E-state index contributed by atoms with van der Waals surface area (Å²) in [5.74, 6) is 1.25. The van der Waals surface area contributed by atoms with E-state index in [9.17, 15) is 19.2 Å². The van der Waals surface area contributed by atoms with Crippen LogP contribution in [0.2, 0.25) is 5.02 Å².